The summed E-state index contributed by atoms with van der Waals surface area (Å²) in [5.41, 5.74) is 3.84. The van der Waals surface area contributed by atoms with Gasteiger partial charge in [-0.25, -0.2) is 4.98 Å². The van der Waals surface area contributed by atoms with E-state index in [1.165, 1.54) is 0 Å². The van der Waals surface area contributed by atoms with E-state index in [4.69, 9.17) is 11.6 Å². The van der Waals surface area contributed by atoms with Gasteiger partial charge in [0.15, 0.2) is 0 Å². The molecule has 5 heteroatoms. The fourth-order valence-electron chi connectivity index (χ4n) is 3.09. The Hall–Kier alpha value is -3.11. The van der Waals surface area contributed by atoms with Crippen molar-refractivity contribution in [2.75, 3.05) is 5.32 Å². The van der Waals surface area contributed by atoms with Crippen LogP contribution in [0.1, 0.15) is 23.0 Å². The van der Waals surface area contributed by atoms with Crippen molar-refractivity contribution >= 4 is 28.2 Å². The maximum Gasteiger partial charge on any atom is 0.147 e. The molecule has 2 aromatic heterocycles. The first-order valence-corrected chi connectivity index (χ1v) is 9.02. The van der Waals surface area contributed by atoms with Gasteiger partial charge in [-0.2, -0.15) is 0 Å². The van der Waals surface area contributed by atoms with Crippen LogP contribution < -0.4 is 5.32 Å². The van der Waals surface area contributed by atoms with Gasteiger partial charge >= 0.3 is 0 Å². The summed E-state index contributed by atoms with van der Waals surface area (Å²) in [7, 11) is 0. The van der Waals surface area contributed by atoms with Crippen molar-refractivity contribution in [3.63, 3.8) is 0 Å². The fourth-order valence-corrected chi connectivity index (χ4v) is 3.22. The summed E-state index contributed by atoms with van der Waals surface area (Å²) in [5.74, 6) is 0.160. The van der Waals surface area contributed by atoms with Gasteiger partial charge in [0.05, 0.1) is 11.7 Å². The molecular formula is C22H18ClN3O. The highest BCUT2D eigenvalue weighted by Gasteiger charge is 2.21. The Morgan fingerprint density at radius 1 is 0.963 bits per heavy atom. The van der Waals surface area contributed by atoms with Gasteiger partial charge in [-0.3, -0.25) is 4.98 Å². The number of benzene rings is 2. The monoisotopic (exact) mass is 375 g/mol. The largest absolute Gasteiger partial charge is 0.505 e. The van der Waals surface area contributed by atoms with E-state index in [-0.39, 0.29) is 11.8 Å². The Bertz CT molecular complexity index is 1080. The molecule has 2 N–H and O–H groups in total. The molecule has 2 aromatic carbocycles. The Morgan fingerprint density at radius 3 is 2.48 bits per heavy atom. The zero-order valence-electron chi connectivity index (χ0n) is 14.7. The smallest absolute Gasteiger partial charge is 0.147 e. The number of anilines is 1. The predicted molar refractivity (Wildman–Crippen MR) is 109 cm³/mol. The van der Waals surface area contributed by atoms with Crippen molar-refractivity contribution in [1.82, 2.24) is 9.97 Å². The van der Waals surface area contributed by atoms with Gasteiger partial charge in [0, 0.05) is 33.6 Å². The molecule has 1 unspecified atom stereocenters. The summed E-state index contributed by atoms with van der Waals surface area (Å²) in [4.78, 5) is 9.00. The highest BCUT2D eigenvalue weighted by atomic mass is 35.5. The second kappa shape index (κ2) is 7.25. The highest BCUT2D eigenvalue weighted by Crippen LogP contribution is 2.36. The summed E-state index contributed by atoms with van der Waals surface area (Å²) < 4.78 is 0. The van der Waals surface area contributed by atoms with Crippen molar-refractivity contribution in [2.24, 2.45) is 0 Å². The average molecular weight is 376 g/mol. The van der Waals surface area contributed by atoms with Crippen LogP contribution in [0.25, 0.3) is 10.9 Å². The number of aromatic nitrogens is 2. The second-order valence-corrected chi connectivity index (χ2v) is 6.80. The lowest BCUT2D eigenvalue weighted by atomic mass is 9.99. The summed E-state index contributed by atoms with van der Waals surface area (Å²) in [6.07, 6.45) is 1.74. The molecule has 0 saturated heterocycles. The number of phenolic OH excluding ortho intramolecular Hbond substituents is 1. The van der Waals surface area contributed by atoms with E-state index in [0.717, 1.165) is 22.5 Å². The molecule has 4 nitrogen and oxygen atoms in total. The Balaban J connectivity index is 1.84. The molecule has 0 bridgehead atoms. The zero-order chi connectivity index (χ0) is 18.8. The summed E-state index contributed by atoms with van der Waals surface area (Å²) in [6, 6.07) is 20.6. The van der Waals surface area contributed by atoms with E-state index in [1.807, 2.05) is 73.7 Å². The van der Waals surface area contributed by atoms with Crippen LogP contribution in [-0.2, 0) is 0 Å². The Morgan fingerprint density at radius 2 is 1.74 bits per heavy atom. The third-order valence-electron chi connectivity index (χ3n) is 4.46. The number of halogens is 1. The first kappa shape index (κ1) is 17.3. The molecule has 0 aliphatic rings. The number of aryl methyl sites for hydroxylation is 1. The van der Waals surface area contributed by atoms with E-state index >= 15 is 0 Å². The normalized spacial score (nSPS) is 12.1. The molecule has 134 valence electrons. The third-order valence-corrected chi connectivity index (χ3v) is 4.71. The Kier molecular flexibility index (Phi) is 4.65. The number of fused-ring (bicyclic) bond motifs is 1. The van der Waals surface area contributed by atoms with Crippen molar-refractivity contribution in [3.8, 4) is 5.75 Å². The summed E-state index contributed by atoms with van der Waals surface area (Å²) in [5, 5.41) is 16.0. The first-order chi connectivity index (χ1) is 13.1. The lowest BCUT2D eigenvalue weighted by molar-refractivity contribution is 0.471. The quantitative estimate of drug-likeness (QED) is 0.494. The van der Waals surface area contributed by atoms with E-state index in [9.17, 15) is 5.11 Å². The Labute approximate surface area is 162 Å². The van der Waals surface area contributed by atoms with Gasteiger partial charge in [0.1, 0.15) is 11.3 Å². The molecule has 2 heterocycles. The van der Waals surface area contributed by atoms with E-state index in [0.29, 0.717) is 16.1 Å². The number of hydrogen-bond donors (Lipinski definition) is 2. The lowest BCUT2D eigenvalue weighted by Gasteiger charge is -2.21. The molecule has 0 spiro atoms. The molecule has 4 aromatic rings. The first-order valence-electron chi connectivity index (χ1n) is 8.64. The molecule has 0 radical (unpaired) electrons. The number of nitrogens with one attached hydrogen (secondary N) is 1. The van der Waals surface area contributed by atoms with E-state index in [1.54, 1.807) is 6.20 Å². The minimum absolute atomic E-state index is 0.160. The van der Waals surface area contributed by atoms with Gasteiger partial charge in [-0.15, -0.1) is 0 Å². The van der Waals surface area contributed by atoms with Crippen LogP contribution >= 0.6 is 11.6 Å². The van der Waals surface area contributed by atoms with Crippen LogP contribution in [0.3, 0.4) is 0 Å². The number of hydrogen-bond acceptors (Lipinski definition) is 4. The summed E-state index contributed by atoms with van der Waals surface area (Å²) in [6.45, 7) is 1.91. The van der Waals surface area contributed by atoms with Gasteiger partial charge in [-0.05, 0) is 49.4 Å². The van der Waals surface area contributed by atoms with Gasteiger partial charge < -0.3 is 10.4 Å². The third kappa shape index (κ3) is 3.57. The van der Waals surface area contributed by atoms with Crippen molar-refractivity contribution < 1.29 is 5.11 Å². The van der Waals surface area contributed by atoms with Gasteiger partial charge in [-0.1, -0.05) is 35.9 Å². The molecule has 4 rings (SSSR count). The van der Waals surface area contributed by atoms with Crippen LogP contribution in [0.4, 0.5) is 5.69 Å². The van der Waals surface area contributed by atoms with Crippen molar-refractivity contribution in [2.45, 2.75) is 13.0 Å². The van der Waals surface area contributed by atoms with Crippen LogP contribution in [0, 0.1) is 6.92 Å². The van der Waals surface area contributed by atoms with E-state index in [2.05, 4.69) is 15.3 Å². The molecule has 0 aliphatic carbocycles. The molecular weight excluding hydrogens is 358 g/mol. The maximum atomic E-state index is 11.0. The lowest BCUT2D eigenvalue weighted by Crippen LogP contribution is -2.14. The van der Waals surface area contributed by atoms with Gasteiger partial charge in [0.25, 0.3) is 0 Å². The van der Waals surface area contributed by atoms with Crippen molar-refractivity contribution in [1.29, 1.82) is 0 Å². The van der Waals surface area contributed by atoms with Crippen LogP contribution in [0.5, 0.6) is 5.75 Å². The number of pyridine rings is 2. The zero-order valence-corrected chi connectivity index (χ0v) is 15.5. The number of rotatable bonds is 4. The maximum absolute atomic E-state index is 11.0. The predicted octanol–water partition coefficient (Wildman–Crippen LogP) is 5.50. The van der Waals surface area contributed by atoms with Crippen LogP contribution in [0.2, 0.25) is 5.02 Å². The number of phenols is 1. The van der Waals surface area contributed by atoms with Crippen LogP contribution in [-0.4, -0.2) is 15.1 Å². The average Bonchev–Trinajstić information content (AvgIpc) is 2.69. The fraction of sp³-hybridized carbons (Fsp3) is 0.0909. The van der Waals surface area contributed by atoms with E-state index < -0.39 is 0 Å². The topological polar surface area (TPSA) is 58.0 Å². The highest BCUT2D eigenvalue weighted by molar-refractivity contribution is 6.30. The molecule has 0 aliphatic heterocycles. The second-order valence-electron chi connectivity index (χ2n) is 6.37. The minimum Gasteiger partial charge on any atom is -0.505 e. The number of aromatic hydroxyl groups is 1. The molecule has 1 atom stereocenters. The molecule has 0 amide bonds. The number of nitrogens with zero attached hydrogens (tertiary/aromatic N) is 2. The minimum atomic E-state index is -0.334. The SMILES string of the molecule is Cc1ccc2ccc(C(Nc3ccc(Cl)cc3)c3ccccn3)c(O)c2n1. The van der Waals surface area contributed by atoms with Crippen molar-refractivity contribution in [3.05, 3.63) is 94.9 Å². The summed E-state index contributed by atoms with van der Waals surface area (Å²) >= 11 is 6.00. The van der Waals surface area contributed by atoms with Crippen LogP contribution in [0.15, 0.2) is 72.9 Å². The molecule has 27 heavy (non-hydrogen) atoms. The molecule has 0 fully saturated rings. The van der Waals surface area contributed by atoms with Gasteiger partial charge in [0.2, 0.25) is 0 Å². The standard InChI is InChI=1S/C22H18ClN3O/c1-14-5-6-15-7-12-18(22(27)20(15)25-14)21(19-4-2-3-13-24-19)26-17-10-8-16(23)9-11-17/h2-13,21,26-27H,1H3. The molecule has 0 saturated carbocycles.